The average Bonchev–Trinajstić information content (AvgIpc) is 2.83. The summed E-state index contributed by atoms with van der Waals surface area (Å²) in [5, 5.41) is 29.2. The van der Waals surface area contributed by atoms with Crippen molar-refractivity contribution in [2.24, 2.45) is 0 Å². The van der Waals surface area contributed by atoms with Crippen LogP contribution < -0.4 is 26.8 Å². The maximum atomic E-state index is 12.3. The standard InChI is InChI=1S/C23H23N5O7/c1-12(13-7-9-14(10-8-13)28(34)35)25-17(29)11-24-18-19(22(32)21(18)31)26-16-6-4-5-15(20(16)30)23(33)27(2)3/h4-10,12,24,26,30H,11H2,1-3H3,(H,25,29)/t12-/m1/s1. The minimum absolute atomic E-state index is 0.00724. The topological polar surface area (TPSA) is 171 Å². The number of phenolic OH excluding ortho intramolecular Hbond substituents is 1. The smallest absolute Gasteiger partial charge is 0.269 e. The van der Waals surface area contributed by atoms with E-state index in [1.165, 1.54) is 61.5 Å². The number of phenols is 1. The van der Waals surface area contributed by atoms with E-state index in [2.05, 4.69) is 16.0 Å². The molecule has 0 aliphatic heterocycles. The van der Waals surface area contributed by atoms with Crippen LogP contribution in [0, 0.1) is 10.1 Å². The van der Waals surface area contributed by atoms with Gasteiger partial charge in [0.25, 0.3) is 22.5 Å². The van der Waals surface area contributed by atoms with Crippen LogP contribution in [0.4, 0.5) is 22.7 Å². The van der Waals surface area contributed by atoms with Gasteiger partial charge in [-0.25, -0.2) is 0 Å². The van der Waals surface area contributed by atoms with Crippen LogP contribution in [-0.2, 0) is 4.79 Å². The monoisotopic (exact) mass is 481 g/mol. The van der Waals surface area contributed by atoms with Gasteiger partial charge in [0.15, 0.2) is 5.75 Å². The third-order valence-electron chi connectivity index (χ3n) is 5.25. The van der Waals surface area contributed by atoms with Gasteiger partial charge in [-0.3, -0.25) is 29.3 Å². The third-order valence-corrected chi connectivity index (χ3v) is 5.25. The Morgan fingerprint density at radius 3 is 2.29 bits per heavy atom. The number of non-ortho nitro benzene ring substituents is 1. The highest BCUT2D eigenvalue weighted by molar-refractivity contribution is 5.99. The van der Waals surface area contributed by atoms with Crippen molar-refractivity contribution in [1.29, 1.82) is 0 Å². The second-order valence-electron chi connectivity index (χ2n) is 7.93. The molecule has 0 radical (unpaired) electrons. The third kappa shape index (κ3) is 5.27. The van der Waals surface area contributed by atoms with Crippen molar-refractivity contribution >= 4 is 34.6 Å². The molecular weight excluding hydrogens is 458 g/mol. The molecule has 182 valence electrons. The number of anilines is 3. The van der Waals surface area contributed by atoms with E-state index in [0.717, 1.165) is 0 Å². The molecule has 0 aliphatic carbocycles. The molecule has 0 saturated heterocycles. The van der Waals surface area contributed by atoms with Crippen molar-refractivity contribution in [3.63, 3.8) is 0 Å². The maximum Gasteiger partial charge on any atom is 0.269 e. The first-order chi connectivity index (χ1) is 16.5. The van der Waals surface area contributed by atoms with Gasteiger partial charge in [-0.15, -0.1) is 0 Å². The number of carbonyl (C=O) groups excluding carboxylic acids is 2. The van der Waals surface area contributed by atoms with Gasteiger partial charge in [0.2, 0.25) is 5.91 Å². The second kappa shape index (κ2) is 10.0. The van der Waals surface area contributed by atoms with Crippen LogP contribution in [-0.4, -0.2) is 47.4 Å². The summed E-state index contributed by atoms with van der Waals surface area (Å²) in [4.78, 5) is 60.2. The number of para-hydroxylation sites is 1. The second-order valence-corrected chi connectivity index (χ2v) is 7.93. The van der Waals surface area contributed by atoms with Crippen LogP contribution in [0.5, 0.6) is 5.75 Å². The molecular formula is C23H23N5O7. The molecule has 3 aromatic carbocycles. The van der Waals surface area contributed by atoms with E-state index >= 15 is 0 Å². The molecule has 12 nitrogen and oxygen atoms in total. The van der Waals surface area contributed by atoms with E-state index in [1.54, 1.807) is 6.92 Å². The number of carbonyl (C=O) groups is 2. The minimum Gasteiger partial charge on any atom is -0.505 e. The van der Waals surface area contributed by atoms with E-state index in [9.17, 15) is 34.4 Å². The number of nitro groups is 1. The van der Waals surface area contributed by atoms with Gasteiger partial charge >= 0.3 is 0 Å². The number of hydrogen-bond acceptors (Lipinski definition) is 9. The predicted molar refractivity (Wildman–Crippen MR) is 129 cm³/mol. The zero-order valence-electron chi connectivity index (χ0n) is 19.1. The molecule has 35 heavy (non-hydrogen) atoms. The Morgan fingerprint density at radius 1 is 1.06 bits per heavy atom. The molecule has 0 heterocycles. The molecule has 3 rings (SSSR count). The van der Waals surface area contributed by atoms with Crippen molar-refractivity contribution in [2.45, 2.75) is 13.0 Å². The highest BCUT2D eigenvalue weighted by Gasteiger charge is 2.24. The fourth-order valence-electron chi connectivity index (χ4n) is 3.30. The van der Waals surface area contributed by atoms with Crippen molar-refractivity contribution in [1.82, 2.24) is 10.2 Å². The van der Waals surface area contributed by atoms with Gasteiger partial charge in [-0.1, -0.05) is 18.2 Å². The molecule has 0 aliphatic rings. The first-order valence-electron chi connectivity index (χ1n) is 10.4. The number of nitro benzene ring substituents is 1. The zero-order valence-corrected chi connectivity index (χ0v) is 19.1. The number of nitrogens with one attached hydrogen (secondary N) is 3. The zero-order chi connectivity index (χ0) is 25.9. The Morgan fingerprint density at radius 2 is 1.69 bits per heavy atom. The first kappa shape index (κ1) is 24.9. The summed E-state index contributed by atoms with van der Waals surface area (Å²) in [6, 6.07) is 9.59. The van der Waals surface area contributed by atoms with Crippen molar-refractivity contribution < 1.29 is 19.6 Å². The van der Waals surface area contributed by atoms with Gasteiger partial charge in [0, 0.05) is 26.2 Å². The van der Waals surface area contributed by atoms with Crippen LogP contribution >= 0.6 is 0 Å². The minimum atomic E-state index is -0.837. The van der Waals surface area contributed by atoms with E-state index < -0.39 is 33.6 Å². The lowest BCUT2D eigenvalue weighted by molar-refractivity contribution is -0.384. The quantitative estimate of drug-likeness (QED) is 0.153. The summed E-state index contributed by atoms with van der Waals surface area (Å²) >= 11 is 0. The molecule has 0 fully saturated rings. The molecule has 2 amide bonds. The summed E-state index contributed by atoms with van der Waals surface area (Å²) in [5.41, 5.74) is -1.32. The van der Waals surface area contributed by atoms with Crippen molar-refractivity contribution in [3.05, 3.63) is 84.2 Å². The number of benzene rings is 2. The molecule has 12 heteroatoms. The SMILES string of the molecule is C[C@@H](NC(=O)CNc1c(Nc2cccc(C(=O)N(C)C)c2O)c(=O)c1=O)c1ccc([N+](=O)[O-])cc1. The largest absolute Gasteiger partial charge is 0.505 e. The molecule has 3 aromatic rings. The molecule has 0 spiro atoms. The molecule has 0 aromatic heterocycles. The number of hydrogen-bond donors (Lipinski definition) is 4. The van der Waals surface area contributed by atoms with Crippen molar-refractivity contribution in [2.75, 3.05) is 31.3 Å². The van der Waals surface area contributed by atoms with E-state index in [0.29, 0.717) is 5.56 Å². The summed E-state index contributed by atoms with van der Waals surface area (Å²) in [6.45, 7) is 1.36. The Kier molecular flexibility index (Phi) is 7.14. The number of rotatable bonds is 9. The van der Waals surface area contributed by atoms with E-state index in [-0.39, 0.29) is 40.6 Å². The number of amides is 2. The van der Waals surface area contributed by atoms with E-state index in [4.69, 9.17) is 0 Å². The van der Waals surface area contributed by atoms with Gasteiger partial charge < -0.3 is 26.0 Å². The highest BCUT2D eigenvalue weighted by atomic mass is 16.6. The lowest BCUT2D eigenvalue weighted by Gasteiger charge is -2.18. The summed E-state index contributed by atoms with van der Waals surface area (Å²) < 4.78 is 0. The molecule has 4 N–H and O–H groups in total. The Hall–Kier alpha value is -4.74. The van der Waals surface area contributed by atoms with Crippen LogP contribution in [0.1, 0.15) is 28.9 Å². The maximum absolute atomic E-state index is 12.3. The Balaban J connectivity index is 1.67. The van der Waals surface area contributed by atoms with Crippen molar-refractivity contribution in [3.8, 4) is 5.75 Å². The molecule has 0 saturated carbocycles. The van der Waals surface area contributed by atoms with Crippen LogP contribution in [0.2, 0.25) is 0 Å². The number of nitrogens with zero attached hydrogens (tertiary/aromatic N) is 2. The summed E-state index contributed by atoms with van der Waals surface area (Å²) in [5.74, 6) is -1.33. The van der Waals surface area contributed by atoms with Crippen LogP contribution in [0.15, 0.2) is 52.1 Å². The fourth-order valence-corrected chi connectivity index (χ4v) is 3.30. The lowest BCUT2D eigenvalue weighted by Crippen LogP contribution is -2.39. The van der Waals surface area contributed by atoms with Crippen LogP contribution in [0.25, 0.3) is 0 Å². The Labute approximate surface area is 199 Å². The molecule has 1 atom stereocenters. The lowest BCUT2D eigenvalue weighted by atomic mass is 10.1. The van der Waals surface area contributed by atoms with Gasteiger partial charge in [0.1, 0.15) is 11.4 Å². The average molecular weight is 481 g/mol. The summed E-state index contributed by atoms with van der Waals surface area (Å²) in [7, 11) is 3.04. The van der Waals surface area contributed by atoms with Gasteiger partial charge in [0.05, 0.1) is 28.8 Å². The normalized spacial score (nSPS) is 11.5. The first-order valence-corrected chi connectivity index (χ1v) is 10.4. The van der Waals surface area contributed by atoms with Gasteiger partial charge in [-0.05, 0) is 24.6 Å². The highest BCUT2D eigenvalue weighted by Crippen LogP contribution is 2.31. The fraction of sp³-hybridized carbons (Fsp3) is 0.217. The molecule has 0 unspecified atom stereocenters. The van der Waals surface area contributed by atoms with E-state index in [1.807, 2.05) is 0 Å². The Bertz CT molecular complexity index is 1360. The summed E-state index contributed by atoms with van der Waals surface area (Å²) in [6.07, 6.45) is 0. The molecule has 0 bridgehead atoms. The predicted octanol–water partition coefficient (Wildman–Crippen LogP) is 1.63. The number of aromatic hydroxyl groups is 1. The van der Waals surface area contributed by atoms with Crippen LogP contribution in [0.3, 0.4) is 0 Å². The van der Waals surface area contributed by atoms with Gasteiger partial charge in [-0.2, -0.15) is 0 Å².